The number of hydrogen-bond acceptors (Lipinski definition) is 5. The van der Waals surface area contributed by atoms with E-state index in [2.05, 4.69) is 0 Å². The number of aliphatic hydroxyl groups excluding tert-OH is 1. The number of nitrogens with zero attached hydrogens (tertiary/aromatic N) is 1. The van der Waals surface area contributed by atoms with Crippen LogP contribution in [-0.4, -0.2) is 49.3 Å². The van der Waals surface area contributed by atoms with Crippen LogP contribution >= 0.6 is 0 Å². The van der Waals surface area contributed by atoms with Crippen molar-refractivity contribution < 1.29 is 19.4 Å². The van der Waals surface area contributed by atoms with Gasteiger partial charge in [-0.25, -0.2) is 4.79 Å². The Labute approximate surface area is 134 Å². The first-order chi connectivity index (χ1) is 11.1. The lowest BCUT2D eigenvalue weighted by Gasteiger charge is -2.26. The standard InChI is InChI=1S/C18H19NO4/c1-19(2)10-11-22-18(21)17-13-7-4-3-6-12(13)16-14(20)8-5-9-15(16)23-17/h3-9,15,20H,10-11H2,1-2H3. The lowest BCUT2D eigenvalue weighted by molar-refractivity contribution is -0.139. The third-order valence-electron chi connectivity index (χ3n) is 3.76. The second-order valence-electron chi connectivity index (χ2n) is 5.70. The summed E-state index contributed by atoms with van der Waals surface area (Å²) in [5.41, 5.74) is 0.674. The van der Waals surface area contributed by atoms with Crippen LogP contribution in [-0.2, 0) is 14.3 Å². The number of esters is 1. The van der Waals surface area contributed by atoms with Gasteiger partial charge in [-0.15, -0.1) is 0 Å². The zero-order valence-electron chi connectivity index (χ0n) is 13.2. The fourth-order valence-electron chi connectivity index (χ4n) is 2.62. The highest BCUT2D eigenvalue weighted by molar-refractivity contribution is 6.07. The number of likely N-dealkylation sites (N-methyl/N-ethyl adjacent to an activating group) is 1. The molecule has 2 aliphatic rings. The third kappa shape index (κ3) is 3.00. The monoisotopic (exact) mass is 313 g/mol. The molecule has 1 aromatic carbocycles. The fourth-order valence-corrected chi connectivity index (χ4v) is 2.62. The van der Waals surface area contributed by atoms with Crippen molar-refractivity contribution in [2.75, 3.05) is 27.2 Å². The smallest absolute Gasteiger partial charge is 0.374 e. The predicted octanol–water partition coefficient (Wildman–Crippen LogP) is 0.461. The molecule has 0 saturated heterocycles. The zero-order chi connectivity index (χ0) is 16.4. The zero-order valence-corrected chi connectivity index (χ0v) is 13.2. The number of carbonyl (C=O) groups is 1. The molecular weight excluding hydrogens is 294 g/mol. The van der Waals surface area contributed by atoms with Crippen molar-refractivity contribution in [2.45, 2.75) is 6.10 Å². The summed E-state index contributed by atoms with van der Waals surface area (Å²) >= 11 is 0. The minimum atomic E-state index is -0.485. The third-order valence-corrected chi connectivity index (χ3v) is 3.76. The highest BCUT2D eigenvalue weighted by Gasteiger charge is 2.29. The molecule has 1 aliphatic carbocycles. The molecule has 0 saturated carbocycles. The first-order valence-corrected chi connectivity index (χ1v) is 7.48. The van der Waals surface area contributed by atoms with E-state index >= 15 is 0 Å². The second-order valence-corrected chi connectivity index (χ2v) is 5.70. The van der Waals surface area contributed by atoms with Gasteiger partial charge in [0, 0.05) is 17.3 Å². The molecule has 1 N–H and O–H groups in total. The Kier molecular flexibility index (Phi) is 4.21. The van der Waals surface area contributed by atoms with Crippen LogP contribution in [0.4, 0.5) is 0 Å². The van der Waals surface area contributed by atoms with Crippen LogP contribution in [0.2, 0.25) is 0 Å². The van der Waals surface area contributed by atoms with Crippen LogP contribution in [0.3, 0.4) is 0 Å². The largest absolute Gasteiger partial charge is 0.507 e. The van der Waals surface area contributed by atoms with E-state index in [9.17, 15) is 9.90 Å². The number of rotatable bonds is 4. The van der Waals surface area contributed by atoms with Crippen LogP contribution in [0.5, 0.6) is 0 Å². The van der Waals surface area contributed by atoms with Crippen LogP contribution in [0, 0.1) is 0 Å². The number of fused-ring (bicyclic) bond motifs is 2. The van der Waals surface area contributed by atoms with Crippen LogP contribution < -0.4 is 10.4 Å². The van der Waals surface area contributed by atoms with Gasteiger partial charge in [0.05, 0.1) is 0 Å². The van der Waals surface area contributed by atoms with Gasteiger partial charge in [-0.2, -0.15) is 0 Å². The molecule has 120 valence electrons. The fraction of sp³-hybridized carbons (Fsp3) is 0.278. The average molecular weight is 313 g/mol. The molecule has 0 bridgehead atoms. The van der Waals surface area contributed by atoms with Gasteiger partial charge in [0.2, 0.25) is 5.76 Å². The summed E-state index contributed by atoms with van der Waals surface area (Å²) in [7, 11) is 3.83. The Morgan fingerprint density at radius 3 is 2.78 bits per heavy atom. The van der Waals surface area contributed by atoms with E-state index in [1.54, 1.807) is 24.3 Å². The summed E-state index contributed by atoms with van der Waals surface area (Å²) in [6.45, 7) is 0.938. The van der Waals surface area contributed by atoms with Gasteiger partial charge >= 0.3 is 5.97 Å². The number of hydrogen-bond donors (Lipinski definition) is 1. The van der Waals surface area contributed by atoms with Crippen molar-refractivity contribution in [3.8, 4) is 0 Å². The quantitative estimate of drug-likeness (QED) is 0.819. The maximum absolute atomic E-state index is 12.4. The van der Waals surface area contributed by atoms with Gasteiger partial charge in [-0.3, -0.25) is 0 Å². The maximum Gasteiger partial charge on any atom is 0.374 e. The molecule has 3 rings (SSSR count). The van der Waals surface area contributed by atoms with Gasteiger partial charge in [0.1, 0.15) is 18.5 Å². The predicted molar refractivity (Wildman–Crippen MR) is 86.7 cm³/mol. The summed E-state index contributed by atoms with van der Waals surface area (Å²) in [5.74, 6) is -0.141. The summed E-state index contributed by atoms with van der Waals surface area (Å²) in [6.07, 6.45) is 4.66. The highest BCUT2D eigenvalue weighted by Crippen LogP contribution is 2.25. The molecule has 0 aromatic heterocycles. The van der Waals surface area contributed by atoms with Gasteiger partial charge < -0.3 is 19.5 Å². The van der Waals surface area contributed by atoms with Gasteiger partial charge in [0.25, 0.3) is 0 Å². The molecule has 0 spiro atoms. The molecule has 0 amide bonds. The van der Waals surface area contributed by atoms with Crippen LogP contribution in [0.1, 0.15) is 0 Å². The Bertz CT molecular complexity index is 805. The van der Waals surface area contributed by atoms with Crippen molar-refractivity contribution in [1.82, 2.24) is 4.90 Å². The number of carbonyl (C=O) groups excluding carboxylic acids is 1. The van der Waals surface area contributed by atoms with Crippen LogP contribution in [0.15, 0.2) is 48.3 Å². The van der Waals surface area contributed by atoms with Gasteiger partial charge in [-0.1, -0.05) is 30.3 Å². The summed E-state index contributed by atoms with van der Waals surface area (Å²) < 4.78 is 11.1. The first kappa shape index (κ1) is 15.4. The van der Waals surface area contributed by atoms with E-state index < -0.39 is 12.1 Å². The Morgan fingerprint density at radius 2 is 2.04 bits per heavy atom. The number of benzene rings is 1. The molecule has 5 nitrogen and oxygen atoms in total. The molecular formula is C18H19NO4. The molecule has 1 unspecified atom stereocenters. The first-order valence-electron chi connectivity index (χ1n) is 7.48. The molecule has 1 atom stereocenters. The molecule has 1 aromatic rings. The summed E-state index contributed by atoms with van der Waals surface area (Å²) in [5, 5.41) is 11.6. The Hall–Kier alpha value is -2.53. The number of allylic oxidation sites excluding steroid dienone is 2. The molecule has 23 heavy (non-hydrogen) atoms. The summed E-state index contributed by atoms with van der Waals surface area (Å²) in [4.78, 5) is 14.3. The molecule has 0 radical (unpaired) electrons. The second kappa shape index (κ2) is 6.30. The molecule has 1 aliphatic heterocycles. The van der Waals surface area contributed by atoms with Gasteiger partial charge in [0.15, 0.2) is 0 Å². The molecule has 5 heteroatoms. The normalized spacial score (nSPS) is 18.9. The average Bonchev–Trinajstić information content (AvgIpc) is 2.53. The maximum atomic E-state index is 12.4. The SMILES string of the molecule is CN(C)CCOC(=O)C1=c2ccccc2=C2C(O)=CC=CC2O1. The lowest BCUT2D eigenvalue weighted by Crippen LogP contribution is -2.41. The van der Waals surface area contributed by atoms with E-state index in [0.29, 0.717) is 23.9 Å². The van der Waals surface area contributed by atoms with E-state index in [1.807, 2.05) is 37.2 Å². The highest BCUT2D eigenvalue weighted by atomic mass is 16.6. The lowest BCUT2D eigenvalue weighted by atomic mass is 9.96. The van der Waals surface area contributed by atoms with Crippen LogP contribution in [0.25, 0.3) is 11.3 Å². The Balaban J connectivity index is 2.04. The number of aliphatic hydroxyl groups is 1. The van der Waals surface area contributed by atoms with Crippen molar-refractivity contribution in [3.05, 3.63) is 58.7 Å². The van der Waals surface area contributed by atoms with E-state index in [4.69, 9.17) is 9.47 Å². The topological polar surface area (TPSA) is 59.0 Å². The minimum absolute atomic E-state index is 0.157. The molecule has 1 heterocycles. The van der Waals surface area contributed by atoms with Crippen molar-refractivity contribution in [2.24, 2.45) is 0 Å². The van der Waals surface area contributed by atoms with E-state index in [1.165, 1.54) is 0 Å². The summed E-state index contributed by atoms with van der Waals surface area (Å²) in [6, 6.07) is 7.37. The van der Waals surface area contributed by atoms with Gasteiger partial charge in [-0.05, 0) is 31.5 Å². The molecule has 0 fully saturated rings. The van der Waals surface area contributed by atoms with E-state index in [0.717, 1.165) is 5.22 Å². The van der Waals surface area contributed by atoms with Crippen molar-refractivity contribution >= 4 is 17.3 Å². The number of ether oxygens (including phenoxy) is 2. The van der Waals surface area contributed by atoms with E-state index in [-0.39, 0.29) is 11.5 Å². The van der Waals surface area contributed by atoms with Crippen molar-refractivity contribution in [3.63, 3.8) is 0 Å². The van der Waals surface area contributed by atoms with Crippen molar-refractivity contribution in [1.29, 1.82) is 0 Å². The Morgan fingerprint density at radius 1 is 1.30 bits per heavy atom. The minimum Gasteiger partial charge on any atom is -0.507 e.